The van der Waals surface area contributed by atoms with Gasteiger partial charge in [-0.1, -0.05) is 116 Å². The number of benzene rings is 3. The van der Waals surface area contributed by atoms with E-state index in [9.17, 15) is 53.4 Å². The number of unbranched alkanes of at least 4 members (excludes halogenated alkanes) is 2. The van der Waals surface area contributed by atoms with Gasteiger partial charge in [-0.05, 0) is 130 Å². The van der Waals surface area contributed by atoms with E-state index in [4.69, 9.17) is 32.4 Å². The summed E-state index contributed by atoms with van der Waals surface area (Å²) >= 11 is 0. The SMILES string of the molecule is CCCC[C@H]1C(=O)N(C)[C@@H](CCCC)C(=O)N[C@@H](CC(C)C)C(=O)N[C@H](C(N)=O)COCC(=O)N[C@@H](Cc2ccc(OC)cc2)C(=O)N2CCCC[C@H]2C(=O)N[C@@H](CC(N)=O)C(=O)N2CCC[C@H]2C(=O)N[C@@H](CN)C(=O)N[C@@H](CC(C)C)C(=O)N2C[C@H](O)C[C@H]2C(=O)C[C@@H](Cc2c[nH]c3ccccc23)C(=O)N[C@@H](CCN)C(=O)N[C@@H](Cc2cn(CC(=O)O)c3ccccc23)C(=O)N1C. The first-order chi connectivity index (χ1) is 63.4. The molecular weight excluding hydrogens is 1720 g/mol. The number of ether oxygens (including phenoxy) is 2. The molecule has 0 saturated carbocycles. The lowest BCUT2D eigenvalue weighted by Gasteiger charge is -2.38. The third kappa shape index (κ3) is 28.1. The molecule has 19 N–H and O–H groups in total. The number of aromatic amines is 1. The molecule has 0 bridgehead atoms. The quantitative estimate of drug-likeness (QED) is 0.0361. The maximum Gasteiger partial charge on any atom is 0.323 e. The molecule has 40 heteroatoms. The Labute approximate surface area is 773 Å². The van der Waals surface area contributed by atoms with Gasteiger partial charge in [0.2, 0.25) is 88.6 Å². The lowest BCUT2D eigenvalue weighted by molar-refractivity contribution is -0.149. The highest BCUT2D eigenvalue weighted by atomic mass is 16.5. The van der Waals surface area contributed by atoms with Crippen molar-refractivity contribution in [2.75, 3.05) is 67.1 Å². The van der Waals surface area contributed by atoms with Gasteiger partial charge >= 0.3 is 5.97 Å². The van der Waals surface area contributed by atoms with Gasteiger partial charge in [0.15, 0.2) is 5.78 Å². The molecule has 0 unspecified atom stereocenters. The number of hydrogen-bond acceptors (Lipinski definition) is 22. The normalized spacial score (nSPS) is 25.6. The van der Waals surface area contributed by atoms with E-state index in [2.05, 4.69) is 47.5 Å². The molecule has 9 rings (SSSR count). The third-order valence-electron chi connectivity index (χ3n) is 25.0. The predicted molar refractivity (Wildman–Crippen MR) is 488 cm³/mol. The number of fused-ring (bicyclic) bond motifs is 5. The second-order valence-corrected chi connectivity index (χ2v) is 35.9. The van der Waals surface area contributed by atoms with Crippen molar-refractivity contribution in [3.05, 3.63) is 102 Å². The van der Waals surface area contributed by atoms with Gasteiger partial charge in [0.25, 0.3) is 0 Å². The number of primary amides is 2. The lowest BCUT2D eigenvalue weighted by atomic mass is 9.90. The Kier molecular flexibility index (Phi) is 38.7. The number of carboxylic acids is 1. The van der Waals surface area contributed by atoms with Crippen LogP contribution in [0.5, 0.6) is 5.75 Å². The summed E-state index contributed by atoms with van der Waals surface area (Å²) in [6.45, 7) is 7.36. The van der Waals surface area contributed by atoms with Crippen LogP contribution in [0.3, 0.4) is 0 Å². The Morgan fingerprint density at radius 2 is 1.11 bits per heavy atom. The average Bonchev–Trinajstić information content (AvgIpc) is 1.67. The Bertz CT molecular complexity index is 4980. The zero-order valence-electron chi connectivity index (χ0n) is 77.3. The van der Waals surface area contributed by atoms with Crippen LogP contribution in [0.15, 0.2) is 85.2 Å². The first kappa shape index (κ1) is 104. The number of aliphatic carboxylic acids is 1. The number of carbonyl (C=O) groups is 17. The number of aromatic nitrogens is 2. The van der Waals surface area contributed by atoms with Gasteiger partial charge in [-0.15, -0.1) is 0 Å². The molecule has 0 aliphatic carbocycles. The summed E-state index contributed by atoms with van der Waals surface area (Å²) in [7, 11) is 4.19. The van der Waals surface area contributed by atoms with Crippen LogP contribution in [-0.2, 0) is 112 Å². The fraction of sp³-hybridized carbons (Fsp3) is 0.581. The Morgan fingerprint density at radius 3 is 1.74 bits per heavy atom. The molecule has 726 valence electrons. The van der Waals surface area contributed by atoms with Gasteiger partial charge in [-0.2, -0.15) is 0 Å². The zero-order valence-corrected chi connectivity index (χ0v) is 77.3. The first-order valence-corrected chi connectivity index (χ1v) is 46.0. The maximum absolute atomic E-state index is 15.9. The molecule has 6 heterocycles. The van der Waals surface area contributed by atoms with Crippen molar-refractivity contribution in [2.24, 2.45) is 40.7 Å². The molecule has 5 aromatic rings. The second-order valence-electron chi connectivity index (χ2n) is 35.9. The van der Waals surface area contributed by atoms with Crippen molar-refractivity contribution in [3.8, 4) is 5.75 Å². The van der Waals surface area contributed by atoms with E-state index >= 15 is 38.4 Å². The monoisotopic (exact) mass is 1850 g/mol. The molecule has 0 spiro atoms. The van der Waals surface area contributed by atoms with Crippen molar-refractivity contribution in [1.29, 1.82) is 0 Å². The summed E-state index contributed by atoms with van der Waals surface area (Å²) in [5, 5.41) is 44.4. The number of rotatable bonds is 25. The molecule has 4 aliphatic rings. The fourth-order valence-corrected chi connectivity index (χ4v) is 18.0. The second kappa shape index (κ2) is 49.3. The van der Waals surface area contributed by atoms with Crippen molar-refractivity contribution >= 4 is 122 Å². The number of ketones is 1. The van der Waals surface area contributed by atoms with E-state index in [1.807, 2.05) is 13.8 Å². The molecule has 0 radical (unpaired) electrons. The van der Waals surface area contributed by atoms with Crippen LogP contribution in [0.4, 0.5) is 0 Å². The van der Waals surface area contributed by atoms with Gasteiger partial charge in [-0.3, -0.25) is 81.5 Å². The molecule has 4 saturated heterocycles. The number of Topliss-reactive ketones (excluding diaryl/α,β-unsaturated/α-hetero) is 1. The van der Waals surface area contributed by atoms with Crippen LogP contribution in [0.1, 0.15) is 167 Å². The van der Waals surface area contributed by atoms with Crippen LogP contribution in [0.2, 0.25) is 0 Å². The van der Waals surface area contributed by atoms with Crippen molar-refractivity contribution in [1.82, 2.24) is 76.6 Å². The number of amides is 15. The van der Waals surface area contributed by atoms with Crippen LogP contribution in [-0.4, -0.2) is 296 Å². The number of H-pyrrole nitrogens is 1. The summed E-state index contributed by atoms with van der Waals surface area (Å²) in [6, 6.07) is 1.24. The van der Waals surface area contributed by atoms with Gasteiger partial charge in [0.05, 0.1) is 32.3 Å². The third-order valence-corrected chi connectivity index (χ3v) is 25.0. The number of hydrogen-bond donors (Lipinski definition) is 15. The lowest BCUT2D eigenvalue weighted by Crippen LogP contribution is -2.62. The minimum atomic E-state index is -1.72. The number of piperidine rings is 1. The molecule has 3 aromatic carbocycles. The molecule has 4 fully saturated rings. The minimum Gasteiger partial charge on any atom is -0.497 e. The Balaban J connectivity index is 1.10. The van der Waals surface area contributed by atoms with Gasteiger partial charge < -0.3 is 119 Å². The van der Waals surface area contributed by atoms with Crippen molar-refractivity contribution in [3.63, 3.8) is 0 Å². The highest BCUT2D eigenvalue weighted by molar-refractivity contribution is 6.02. The van der Waals surface area contributed by atoms with Crippen LogP contribution < -0.4 is 70.2 Å². The highest BCUT2D eigenvalue weighted by Crippen LogP contribution is 2.31. The van der Waals surface area contributed by atoms with Gasteiger partial charge in [0.1, 0.15) is 91.4 Å². The number of para-hydroxylation sites is 2. The summed E-state index contributed by atoms with van der Waals surface area (Å²) in [5.41, 5.74) is 26.8. The summed E-state index contributed by atoms with van der Waals surface area (Å²) in [6.07, 6.45) is 1.94. The average molecular weight is 1850 g/mol. The molecule has 15 amide bonds. The summed E-state index contributed by atoms with van der Waals surface area (Å²) < 4.78 is 12.6. The summed E-state index contributed by atoms with van der Waals surface area (Å²) in [4.78, 5) is 259. The number of carboxylic acid groups (broad SMARTS) is 1. The first-order valence-electron chi connectivity index (χ1n) is 46.0. The fourth-order valence-electron chi connectivity index (χ4n) is 18.0. The highest BCUT2D eigenvalue weighted by Gasteiger charge is 2.47. The smallest absolute Gasteiger partial charge is 0.323 e. The zero-order chi connectivity index (χ0) is 97.2. The number of nitrogens with zero attached hydrogens (tertiary/aromatic N) is 6. The number of nitrogens with two attached hydrogens (primary N) is 4. The molecule has 133 heavy (non-hydrogen) atoms. The number of methoxy groups -OCH3 is 1. The largest absolute Gasteiger partial charge is 0.497 e. The number of aliphatic hydroxyl groups is 1. The van der Waals surface area contributed by atoms with Crippen molar-refractivity contribution < 1.29 is 101 Å². The van der Waals surface area contributed by atoms with E-state index in [0.717, 1.165) is 14.7 Å². The molecular formula is C93H133N19O21. The van der Waals surface area contributed by atoms with E-state index in [-0.39, 0.29) is 109 Å². The molecule has 2 aromatic heterocycles. The van der Waals surface area contributed by atoms with E-state index in [1.54, 1.807) is 107 Å². The predicted octanol–water partition coefficient (Wildman–Crippen LogP) is -0.144. The number of carbonyl (C=O) groups excluding carboxylic acids is 16. The molecule has 4 aliphatic heterocycles. The van der Waals surface area contributed by atoms with E-state index < -0.39 is 237 Å². The minimum absolute atomic E-state index is 0.00641. The van der Waals surface area contributed by atoms with Crippen LogP contribution in [0, 0.1) is 17.8 Å². The molecule has 40 nitrogen and oxygen atoms in total. The van der Waals surface area contributed by atoms with Gasteiger partial charge in [-0.25, -0.2) is 0 Å². The van der Waals surface area contributed by atoms with Crippen LogP contribution >= 0.6 is 0 Å². The van der Waals surface area contributed by atoms with Gasteiger partial charge in [0, 0.05) is 106 Å². The standard InChI is InChI=1S/C93H133N19O21/c1-10-12-24-72-86(124)101-64(37-52(3)4)84(122)106-70(81(97)119)50-133-51-79(116)99-66(39-54-29-31-59(132-9)32-30-54)90(128)110-35-19-18-27-73(110)87(125)104-68(44-78(96)115)91(129)111-36-20-28-74(111)88(126)105-69(45-95)85(123)102-65(38-53(5)6)92(130)112-48-58(113)43-76(112)77(114)42-55(40-56-46-98-62-23-16-14-21-60(56)62)82(120)100-63(33-34-94)83(121)103-67(89(127)108(8)75(25-13-11-2)93(131)107(72)7)41-57-47-109(49-80(117)118)71-26-17-15-22-61(57)71/h14-17,21-23,26,29-32,46-47,52-53,55,58,63-70,72-76,98,113H,10-13,18-20,24-25,27-28,33-45,48-51,94-95H2,1-9H3,(H2,96,115)(H2,97,119)(H,99,116)(H,100,120)(H,101,124)(H,102,123)(H,103,121)(H,104,125)(H,105,126)(H,106,122)(H,117,118)/t55-,58-,63+,64+,65+,66+,67+,68+,69+,70+,72+,73+,74+,75+,76+/m1/s1. The number of nitrogens with one attached hydrogen (secondary N) is 9. The number of likely N-dealkylation sites (N-methyl/N-ethyl adjacent to an activating group) is 2. The Morgan fingerprint density at radius 1 is 0.549 bits per heavy atom. The van der Waals surface area contributed by atoms with E-state index in [0.29, 0.717) is 82.8 Å². The van der Waals surface area contributed by atoms with Crippen LogP contribution in [0.25, 0.3) is 21.8 Å². The molecule has 15 atom stereocenters. The maximum atomic E-state index is 15.9. The van der Waals surface area contributed by atoms with Crippen molar-refractivity contribution in [2.45, 2.75) is 261 Å². The number of aliphatic hydroxyl groups excluding tert-OH is 1. The van der Waals surface area contributed by atoms with E-state index in [1.165, 1.54) is 41.8 Å². The topological polar surface area (TPSA) is 586 Å². The summed E-state index contributed by atoms with van der Waals surface area (Å²) in [5.74, 6) is -16.8. The Hall–Kier alpha value is -12.4.